The standard InChI is InChI=1S/C9H8N2O2/c12-10-8-5-6-11(13)9-4-2-1-3-7(8)9/h1-6,12-13H/b10-8+. The second-order valence-electron chi connectivity index (χ2n) is 2.66. The molecule has 0 amide bonds. The van der Waals surface area contributed by atoms with Crippen LogP contribution >= 0.6 is 0 Å². The van der Waals surface area contributed by atoms with Crippen LogP contribution in [0.4, 0.5) is 0 Å². The molecule has 4 nitrogen and oxygen atoms in total. The normalized spacial score (nSPS) is 12.2. The molecule has 0 aliphatic heterocycles. The van der Waals surface area contributed by atoms with E-state index in [9.17, 15) is 5.21 Å². The van der Waals surface area contributed by atoms with Crippen molar-refractivity contribution in [3.63, 3.8) is 0 Å². The molecule has 0 radical (unpaired) electrons. The van der Waals surface area contributed by atoms with Gasteiger partial charge in [0.2, 0.25) is 0 Å². The van der Waals surface area contributed by atoms with Gasteiger partial charge < -0.3 is 10.4 Å². The van der Waals surface area contributed by atoms with Crippen molar-refractivity contribution in [2.75, 3.05) is 0 Å². The van der Waals surface area contributed by atoms with E-state index in [1.165, 1.54) is 12.3 Å². The van der Waals surface area contributed by atoms with Crippen LogP contribution < -0.4 is 5.36 Å². The van der Waals surface area contributed by atoms with Crippen molar-refractivity contribution in [3.05, 3.63) is 41.9 Å². The highest BCUT2D eigenvalue weighted by Crippen LogP contribution is 2.06. The highest BCUT2D eigenvalue weighted by atomic mass is 16.5. The lowest BCUT2D eigenvalue weighted by atomic mass is 10.2. The van der Waals surface area contributed by atoms with Crippen LogP contribution in [0.2, 0.25) is 0 Å². The fourth-order valence-corrected chi connectivity index (χ4v) is 1.29. The highest BCUT2D eigenvalue weighted by Gasteiger charge is 1.97. The molecule has 0 unspecified atom stereocenters. The van der Waals surface area contributed by atoms with E-state index in [-0.39, 0.29) is 0 Å². The molecule has 0 saturated heterocycles. The quantitative estimate of drug-likeness (QED) is 0.359. The average molecular weight is 176 g/mol. The molecule has 1 aromatic heterocycles. The third-order valence-corrected chi connectivity index (χ3v) is 1.91. The van der Waals surface area contributed by atoms with Gasteiger partial charge in [-0.05, 0) is 12.1 Å². The van der Waals surface area contributed by atoms with Crippen LogP contribution in [0.1, 0.15) is 0 Å². The Morgan fingerprint density at radius 3 is 2.69 bits per heavy atom. The van der Waals surface area contributed by atoms with E-state index < -0.39 is 0 Å². The smallest absolute Gasteiger partial charge is 0.113 e. The number of para-hydroxylation sites is 1. The van der Waals surface area contributed by atoms with E-state index in [1.54, 1.807) is 18.2 Å². The summed E-state index contributed by atoms with van der Waals surface area (Å²) in [5.74, 6) is 0. The maximum atomic E-state index is 9.38. The van der Waals surface area contributed by atoms with Gasteiger partial charge in [0, 0.05) is 11.6 Å². The summed E-state index contributed by atoms with van der Waals surface area (Å²) in [7, 11) is 0. The predicted molar refractivity (Wildman–Crippen MR) is 46.5 cm³/mol. The van der Waals surface area contributed by atoms with Crippen molar-refractivity contribution in [2.45, 2.75) is 0 Å². The largest absolute Gasteiger partial charge is 0.428 e. The molecule has 66 valence electrons. The number of pyridine rings is 1. The molecule has 2 rings (SSSR count). The van der Waals surface area contributed by atoms with Crippen LogP contribution in [0.5, 0.6) is 0 Å². The Morgan fingerprint density at radius 1 is 1.15 bits per heavy atom. The third kappa shape index (κ3) is 1.12. The zero-order chi connectivity index (χ0) is 9.26. The lowest BCUT2D eigenvalue weighted by Crippen LogP contribution is -2.07. The molecule has 2 N–H and O–H groups in total. The number of hydrogen-bond donors (Lipinski definition) is 2. The lowest BCUT2D eigenvalue weighted by Gasteiger charge is -2.02. The summed E-state index contributed by atoms with van der Waals surface area (Å²) >= 11 is 0. The highest BCUT2D eigenvalue weighted by molar-refractivity contribution is 5.77. The van der Waals surface area contributed by atoms with E-state index >= 15 is 0 Å². The fraction of sp³-hybridized carbons (Fsp3) is 0. The van der Waals surface area contributed by atoms with Gasteiger partial charge >= 0.3 is 0 Å². The number of aromatic nitrogens is 1. The SMILES string of the molecule is O/N=c1\ccn(O)c2ccccc12. The molecule has 1 aromatic carbocycles. The molecule has 0 saturated carbocycles. The van der Waals surface area contributed by atoms with Crippen LogP contribution in [0.25, 0.3) is 10.9 Å². The lowest BCUT2D eigenvalue weighted by molar-refractivity contribution is 0.197. The van der Waals surface area contributed by atoms with Gasteiger partial charge in [0.25, 0.3) is 0 Å². The van der Waals surface area contributed by atoms with E-state index in [0.717, 1.165) is 4.73 Å². The van der Waals surface area contributed by atoms with Gasteiger partial charge in [-0.1, -0.05) is 23.4 Å². The first kappa shape index (κ1) is 7.67. The zero-order valence-electron chi connectivity index (χ0n) is 6.75. The maximum Gasteiger partial charge on any atom is 0.113 e. The molecule has 0 atom stereocenters. The Hall–Kier alpha value is -1.97. The molecule has 0 aliphatic rings. The Bertz CT molecular complexity index is 502. The van der Waals surface area contributed by atoms with Gasteiger partial charge in [-0.2, -0.15) is 4.73 Å². The second-order valence-corrected chi connectivity index (χ2v) is 2.66. The third-order valence-electron chi connectivity index (χ3n) is 1.91. The Labute approximate surface area is 73.9 Å². The Kier molecular flexibility index (Phi) is 1.66. The molecular formula is C9H8N2O2. The van der Waals surface area contributed by atoms with Crippen LogP contribution in [0, 0.1) is 0 Å². The maximum absolute atomic E-state index is 9.38. The molecule has 13 heavy (non-hydrogen) atoms. The molecule has 0 bridgehead atoms. The minimum atomic E-state index is 0.445. The summed E-state index contributed by atoms with van der Waals surface area (Å²) in [6, 6.07) is 8.66. The first-order valence-electron chi connectivity index (χ1n) is 3.80. The summed E-state index contributed by atoms with van der Waals surface area (Å²) < 4.78 is 0.990. The molecule has 0 fully saturated rings. The van der Waals surface area contributed by atoms with Crippen LogP contribution in [0.15, 0.2) is 41.7 Å². The first-order chi connectivity index (χ1) is 6.33. The Morgan fingerprint density at radius 2 is 1.92 bits per heavy atom. The first-order valence-corrected chi connectivity index (χ1v) is 3.80. The van der Waals surface area contributed by atoms with Gasteiger partial charge in [-0.25, -0.2) is 0 Å². The zero-order valence-corrected chi connectivity index (χ0v) is 6.75. The molecule has 0 spiro atoms. The van der Waals surface area contributed by atoms with Gasteiger partial charge in [-0.3, -0.25) is 0 Å². The van der Waals surface area contributed by atoms with Gasteiger partial charge in [0.15, 0.2) is 0 Å². The van der Waals surface area contributed by atoms with Gasteiger partial charge in [0.1, 0.15) is 5.36 Å². The average Bonchev–Trinajstić information content (AvgIpc) is 2.19. The summed E-state index contributed by atoms with van der Waals surface area (Å²) in [6.45, 7) is 0. The van der Waals surface area contributed by atoms with Crippen molar-refractivity contribution < 1.29 is 10.4 Å². The summed E-state index contributed by atoms with van der Waals surface area (Å²) in [5.41, 5.74) is 0.609. The van der Waals surface area contributed by atoms with Crippen molar-refractivity contribution in [1.82, 2.24) is 4.73 Å². The molecule has 4 heteroatoms. The van der Waals surface area contributed by atoms with Crippen molar-refractivity contribution in [3.8, 4) is 0 Å². The number of hydrogen-bond acceptors (Lipinski definition) is 3. The summed E-state index contributed by atoms with van der Waals surface area (Å²) in [5, 5.41) is 22.3. The van der Waals surface area contributed by atoms with E-state index in [1.807, 2.05) is 6.07 Å². The van der Waals surface area contributed by atoms with Crippen LogP contribution in [-0.4, -0.2) is 15.1 Å². The molecular weight excluding hydrogens is 168 g/mol. The number of fused-ring (bicyclic) bond motifs is 1. The van der Waals surface area contributed by atoms with Crippen LogP contribution in [0.3, 0.4) is 0 Å². The predicted octanol–water partition coefficient (Wildman–Crippen LogP) is 1.17. The topological polar surface area (TPSA) is 57.8 Å². The summed E-state index contributed by atoms with van der Waals surface area (Å²) in [6.07, 6.45) is 1.43. The molecule has 0 aliphatic carbocycles. The van der Waals surface area contributed by atoms with E-state index in [0.29, 0.717) is 16.3 Å². The summed E-state index contributed by atoms with van der Waals surface area (Å²) in [4.78, 5) is 0. The molecule has 1 heterocycles. The van der Waals surface area contributed by atoms with Gasteiger partial charge in [0.05, 0.1) is 5.52 Å². The number of rotatable bonds is 0. The van der Waals surface area contributed by atoms with Crippen molar-refractivity contribution >= 4 is 10.9 Å². The van der Waals surface area contributed by atoms with Crippen LogP contribution in [-0.2, 0) is 0 Å². The minimum Gasteiger partial charge on any atom is -0.428 e. The second kappa shape index (κ2) is 2.82. The monoisotopic (exact) mass is 176 g/mol. The fourth-order valence-electron chi connectivity index (χ4n) is 1.29. The Balaban J connectivity index is 3.02. The van der Waals surface area contributed by atoms with Crippen molar-refractivity contribution in [1.29, 1.82) is 0 Å². The molecule has 2 aromatic rings. The van der Waals surface area contributed by atoms with Gasteiger partial charge in [-0.15, -0.1) is 0 Å². The minimum absolute atomic E-state index is 0.445. The van der Waals surface area contributed by atoms with Crippen molar-refractivity contribution in [2.24, 2.45) is 5.16 Å². The number of benzene rings is 1. The van der Waals surface area contributed by atoms with E-state index in [4.69, 9.17) is 5.21 Å². The number of nitrogens with zero attached hydrogens (tertiary/aromatic N) is 2. The van der Waals surface area contributed by atoms with E-state index in [2.05, 4.69) is 5.16 Å².